The van der Waals surface area contributed by atoms with Crippen molar-refractivity contribution in [2.75, 3.05) is 24.6 Å². The van der Waals surface area contributed by atoms with E-state index in [0.717, 1.165) is 43.3 Å². The molecular formula is C14H19N5O. The lowest BCUT2D eigenvalue weighted by atomic mass is 9.95. The first kappa shape index (κ1) is 13.1. The van der Waals surface area contributed by atoms with Gasteiger partial charge in [-0.25, -0.2) is 9.97 Å². The topological polar surface area (TPSA) is 77.9 Å². The van der Waals surface area contributed by atoms with Crippen LogP contribution < -0.4 is 4.90 Å². The zero-order valence-corrected chi connectivity index (χ0v) is 11.4. The zero-order valence-electron chi connectivity index (χ0n) is 11.4. The molecule has 6 heteroatoms. The highest BCUT2D eigenvalue weighted by molar-refractivity contribution is 5.31. The smallest absolute Gasteiger partial charge is 0.225 e. The van der Waals surface area contributed by atoms with E-state index in [0.29, 0.717) is 12.3 Å². The Morgan fingerprint density at radius 3 is 3.00 bits per heavy atom. The van der Waals surface area contributed by atoms with Crippen molar-refractivity contribution >= 4 is 5.95 Å². The van der Waals surface area contributed by atoms with Crippen molar-refractivity contribution in [2.24, 2.45) is 0 Å². The molecule has 106 valence electrons. The van der Waals surface area contributed by atoms with Gasteiger partial charge in [0.05, 0.1) is 5.69 Å². The molecule has 1 aliphatic rings. The molecule has 20 heavy (non-hydrogen) atoms. The summed E-state index contributed by atoms with van der Waals surface area (Å²) in [5.41, 5.74) is 2.07. The summed E-state index contributed by atoms with van der Waals surface area (Å²) in [4.78, 5) is 10.9. The minimum atomic E-state index is 0.149. The number of anilines is 1. The Labute approximate surface area is 117 Å². The van der Waals surface area contributed by atoms with E-state index >= 15 is 0 Å². The summed E-state index contributed by atoms with van der Waals surface area (Å²) in [6, 6.07) is 3.90. The van der Waals surface area contributed by atoms with Gasteiger partial charge in [0.15, 0.2) is 0 Å². The average molecular weight is 273 g/mol. The van der Waals surface area contributed by atoms with E-state index in [2.05, 4.69) is 31.1 Å². The van der Waals surface area contributed by atoms with Gasteiger partial charge in [-0.15, -0.1) is 0 Å². The lowest BCUT2D eigenvalue weighted by Gasteiger charge is -2.31. The maximum atomic E-state index is 8.96. The largest absolute Gasteiger partial charge is 0.396 e. The molecule has 3 rings (SSSR count). The first-order valence-corrected chi connectivity index (χ1v) is 7.04. The third kappa shape index (κ3) is 2.80. The number of rotatable bonds is 4. The van der Waals surface area contributed by atoms with Crippen LogP contribution in [0.5, 0.6) is 0 Å². The summed E-state index contributed by atoms with van der Waals surface area (Å²) >= 11 is 0. The van der Waals surface area contributed by atoms with Crippen molar-refractivity contribution in [3.63, 3.8) is 0 Å². The van der Waals surface area contributed by atoms with Gasteiger partial charge >= 0.3 is 0 Å². The van der Waals surface area contributed by atoms with Crippen molar-refractivity contribution in [3.8, 4) is 0 Å². The number of aliphatic hydroxyl groups is 1. The quantitative estimate of drug-likeness (QED) is 0.872. The number of piperidine rings is 1. The summed E-state index contributed by atoms with van der Waals surface area (Å²) in [6.45, 7) is 2.04. The molecule has 0 amide bonds. The standard InChI is InChI=1S/C14H19N5O/c20-8-4-12-9-13(18-17-12)11-3-1-7-19(10-11)14-15-5-2-6-16-14/h2,5-6,9,11,20H,1,3-4,7-8,10H2,(H,17,18)/t11-/m1/s1. The van der Waals surface area contributed by atoms with Crippen LogP contribution in [0.1, 0.15) is 30.1 Å². The Kier molecular flexibility index (Phi) is 3.92. The SMILES string of the molecule is OCCc1cc([C@@H]2CCCN(c3ncccn3)C2)n[nH]1. The van der Waals surface area contributed by atoms with Gasteiger partial charge in [0.25, 0.3) is 0 Å². The predicted octanol–water partition coefficient (Wildman–Crippen LogP) is 1.12. The second-order valence-corrected chi connectivity index (χ2v) is 5.13. The number of nitrogens with zero attached hydrogens (tertiary/aromatic N) is 4. The highest BCUT2D eigenvalue weighted by atomic mass is 16.3. The molecule has 0 aliphatic carbocycles. The minimum Gasteiger partial charge on any atom is -0.396 e. The van der Waals surface area contributed by atoms with Gasteiger partial charge in [-0.2, -0.15) is 5.10 Å². The second-order valence-electron chi connectivity index (χ2n) is 5.13. The van der Waals surface area contributed by atoms with Crippen molar-refractivity contribution in [1.82, 2.24) is 20.2 Å². The summed E-state index contributed by atoms with van der Waals surface area (Å²) in [5.74, 6) is 1.19. The Morgan fingerprint density at radius 1 is 1.35 bits per heavy atom. The molecule has 2 N–H and O–H groups in total. The first-order valence-electron chi connectivity index (χ1n) is 7.04. The van der Waals surface area contributed by atoms with Crippen LogP contribution in [-0.4, -0.2) is 45.0 Å². The van der Waals surface area contributed by atoms with Gasteiger partial charge in [-0.3, -0.25) is 5.10 Å². The molecule has 3 heterocycles. The Morgan fingerprint density at radius 2 is 2.20 bits per heavy atom. The van der Waals surface area contributed by atoms with Gasteiger partial charge in [0.2, 0.25) is 5.95 Å². The van der Waals surface area contributed by atoms with Crippen LogP contribution >= 0.6 is 0 Å². The van der Waals surface area contributed by atoms with Crippen molar-refractivity contribution in [1.29, 1.82) is 0 Å². The van der Waals surface area contributed by atoms with Gasteiger partial charge in [0, 0.05) is 50.1 Å². The summed E-state index contributed by atoms with van der Waals surface area (Å²) < 4.78 is 0. The number of H-pyrrole nitrogens is 1. The van der Waals surface area contributed by atoms with Crippen LogP contribution in [-0.2, 0) is 6.42 Å². The van der Waals surface area contributed by atoms with Crippen LogP contribution in [0.2, 0.25) is 0 Å². The van der Waals surface area contributed by atoms with E-state index in [-0.39, 0.29) is 6.61 Å². The number of aliphatic hydroxyl groups excluding tert-OH is 1. The third-order valence-electron chi connectivity index (χ3n) is 3.71. The van der Waals surface area contributed by atoms with Crippen LogP contribution in [0.25, 0.3) is 0 Å². The number of hydrogen-bond donors (Lipinski definition) is 2. The Balaban J connectivity index is 1.71. The molecule has 1 saturated heterocycles. The minimum absolute atomic E-state index is 0.149. The summed E-state index contributed by atoms with van der Waals surface area (Å²) in [7, 11) is 0. The molecule has 0 saturated carbocycles. The molecule has 2 aromatic heterocycles. The maximum absolute atomic E-state index is 8.96. The van der Waals surface area contributed by atoms with Crippen LogP contribution in [0.4, 0.5) is 5.95 Å². The van der Waals surface area contributed by atoms with E-state index in [1.54, 1.807) is 12.4 Å². The highest BCUT2D eigenvalue weighted by Crippen LogP contribution is 2.27. The lowest BCUT2D eigenvalue weighted by molar-refractivity contribution is 0.298. The van der Waals surface area contributed by atoms with E-state index in [4.69, 9.17) is 5.11 Å². The molecule has 6 nitrogen and oxygen atoms in total. The molecule has 2 aromatic rings. The van der Waals surface area contributed by atoms with Crippen molar-refractivity contribution in [2.45, 2.75) is 25.2 Å². The van der Waals surface area contributed by atoms with E-state index < -0.39 is 0 Å². The number of aromatic nitrogens is 4. The fourth-order valence-electron chi connectivity index (χ4n) is 2.69. The van der Waals surface area contributed by atoms with Crippen molar-refractivity contribution < 1.29 is 5.11 Å². The molecule has 0 aromatic carbocycles. The molecule has 1 atom stereocenters. The van der Waals surface area contributed by atoms with E-state index in [1.165, 1.54) is 0 Å². The molecule has 1 aliphatic heterocycles. The van der Waals surface area contributed by atoms with Gasteiger partial charge in [-0.1, -0.05) is 0 Å². The number of hydrogen-bond acceptors (Lipinski definition) is 5. The van der Waals surface area contributed by atoms with Crippen LogP contribution in [0.15, 0.2) is 24.5 Å². The highest BCUT2D eigenvalue weighted by Gasteiger charge is 2.24. The van der Waals surface area contributed by atoms with Gasteiger partial charge in [0.1, 0.15) is 0 Å². The fraction of sp³-hybridized carbons (Fsp3) is 0.500. The fourth-order valence-corrected chi connectivity index (χ4v) is 2.69. The average Bonchev–Trinajstić information content (AvgIpc) is 2.97. The normalized spacial score (nSPS) is 19.2. The molecule has 0 unspecified atom stereocenters. The zero-order chi connectivity index (χ0) is 13.8. The van der Waals surface area contributed by atoms with E-state index in [9.17, 15) is 0 Å². The molecule has 0 radical (unpaired) electrons. The molecule has 1 fully saturated rings. The third-order valence-corrected chi connectivity index (χ3v) is 3.71. The monoisotopic (exact) mass is 273 g/mol. The number of aromatic amines is 1. The number of nitrogens with one attached hydrogen (secondary N) is 1. The summed E-state index contributed by atoms with van der Waals surface area (Å²) in [6.07, 6.45) is 6.43. The Hall–Kier alpha value is -1.95. The summed E-state index contributed by atoms with van der Waals surface area (Å²) in [5, 5.41) is 16.3. The van der Waals surface area contributed by atoms with Gasteiger partial charge < -0.3 is 10.0 Å². The maximum Gasteiger partial charge on any atom is 0.225 e. The second kappa shape index (κ2) is 6.00. The first-order chi connectivity index (χ1) is 9.86. The van der Waals surface area contributed by atoms with Crippen LogP contribution in [0, 0.1) is 0 Å². The molecule has 0 spiro atoms. The molecular weight excluding hydrogens is 254 g/mol. The van der Waals surface area contributed by atoms with E-state index in [1.807, 2.05) is 6.07 Å². The van der Waals surface area contributed by atoms with Crippen molar-refractivity contribution in [3.05, 3.63) is 35.9 Å². The van der Waals surface area contributed by atoms with Crippen LogP contribution in [0.3, 0.4) is 0 Å². The lowest BCUT2D eigenvalue weighted by Crippen LogP contribution is -2.35. The van der Waals surface area contributed by atoms with Gasteiger partial charge in [-0.05, 0) is 25.0 Å². The Bertz CT molecular complexity index is 542. The molecule has 0 bridgehead atoms. The predicted molar refractivity (Wildman–Crippen MR) is 75.6 cm³/mol.